The number of nitrogens with zero attached hydrogens (tertiary/aromatic N) is 2. The first-order valence-corrected chi connectivity index (χ1v) is 20.5. The van der Waals surface area contributed by atoms with Gasteiger partial charge in [0.1, 0.15) is 23.1 Å². The second-order valence-electron chi connectivity index (χ2n) is 13.2. The van der Waals surface area contributed by atoms with Crippen molar-refractivity contribution in [3.05, 3.63) is 120 Å². The predicted molar refractivity (Wildman–Crippen MR) is 226 cm³/mol. The number of nitriles is 1. The van der Waals surface area contributed by atoms with Gasteiger partial charge in [0.15, 0.2) is 0 Å². The molecule has 2 aromatic heterocycles. The van der Waals surface area contributed by atoms with Crippen LogP contribution < -0.4 is 14.4 Å². The number of carboxylic acids is 1. The van der Waals surface area contributed by atoms with Crippen molar-refractivity contribution in [3.63, 3.8) is 0 Å². The molecule has 0 aliphatic carbocycles. The Balaban J connectivity index is 1.32. The van der Waals surface area contributed by atoms with Gasteiger partial charge in [0.25, 0.3) is 0 Å². The van der Waals surface area contributed by atoms with Crippen molar-refractivity contribution < 1.29 is 19.4 Å². The maximum absolute atomic E-state index is 11.4. The number of unbranched alkanes of at least 4 members (excludes halogenated alkanes) is 6. The molecule has 8 heteroatoms. The molecule has 4 aromatic carbocycles. The largest absolute Gasteiger partial charge is 0.494 e. The van der Waals surface area contributed by atoms with E-state index in [1.54, 1.807) is 17.4 Å². The van der Waals surface area contributed by atoms with E-state index in [0.29, 0.717) is 0 Å². The summed E-state index contributed by atoms with van der Waals surface area (Å²) in [5.41, 5.74) is 3.98. The van der Waals surface area contributed by atoms with Gasteiger partial charge in [0, 0.05) is 36.3 Å². The molecule has 1 N–H and O–H groups in total. The van der Waals surface area contributed by atoms with Crippen LogP contribution in [0.1, 0.15) is 70.1 Å². The van der Waals surface area contributed by atoms with Gasteiger partial charge in [-0.25, -0.2) is 4.79 Å². The molecule has 6 nitrogen and oxygen atoms in total. The molecule has 276 valence electrons. The van der Waals surface area contributed by atoms with Crippen molar-refractivity contribution in [3.8, 4) is 37.8 Å². The summed E-state index contributed by atoms with van der Waals surface area (Å²) in [6, 6.07) is 39.6. The number of hydrogen-bond acceptors (Lipinski definition) is 7. The van der Waals surface area contributed by atoms with Crippen LogP contribution >= 0.6 is 22.7 Å². The summed E-state index contributed by atoms with van der Waals surface area (Å²) >= 11 is 3.17. The summed E-state index contributed by atoms with van der Waals surface area (Å²) in [5.74, 6) is 0.521. The number of carboxylic acid groups (broad SMARTS) is 1. The first kappa shape index (κ1) is 38.4. The van der Waals surface area contributed by atoms with Gasteiger partial charge in [-0.15, -0.1) is 22.7 Å². The van der Waals surface area contributed by atoms with Crippen LogP contribution in [0.15, 0.2) is 115 Å². The third-order valence-corrected chi connectivity index (χ3v) is 11.6. The third-order valence-electron chi connectivity index (χ3n) is 9.24. The molecule has 6 rings (SSSR count). The molecule has 0 atom stereocenters. The van der Waals surface area contributed by atoms with Gasteiger partial charge >= 0.3 is 5.97 Å². The second-order valence-corrected chi connectivity index (χ2v) is 15.4. The number of anilines is 3. The quantitative estimate of drug-likeness (QED) is 0.0504. The van der Waals surface area contributed by atoms with Crippen LogP contribution in [-0.4, -0.2) is 24.3 Å². The lowest BCUT2D eigenvalue weighted by Gasteiger charge is -2.27. The van der Waals surface area contributed by atoms with E-state index in [9.17, 15) is 15.2 Å². The molecule has 0 spiro atoms. The summed E-state index contributed by atoms with van der Waals surface area (Å²) in [7, 11) is 0. The van der Waals surface area contributed by atoms with Crippen molar-refractivity contribution >= 4 is 62.6 Å². The number of fused-ring (bicyclic) bond motifs is 1. The molecule has 0 saturated heterocycles. The smallest absolute Gasteiger partial charge is 0.346 e. The molecule has 6 aromatic rings. The second kappa shape index (κ2) is 19.1. The van der Waals surface area contributed by atoms with Gasteiger partial charge in [0.05, 0.1) is 18.9 Å². The molecular weight excluding hydrogens is 709 g/mol. The van der Waals surface area contributed by atoms with Crippen LogP contribution in [0.25, 0.3) is 37.0 Å². The Morgan fingerprint density at radius 1 is 0.667 bits per heavy atom. The van der Waals surface area contributed by atoms with E-state index in [2.05, 4.69) is 116 Å². The molecule has 0 radical (unpaired) electrons. The normalized spacial score (nSPS) is 11.4. The minimum absolute atomic E-state index is 0.278. The lowest BCUT2D eigenvalue weighted by atomic mass is 10.00. The number of carbonyl (C=O) groups is 1. The highest BCUT2D eigenvalue weighted by molar-refractivity contribution is 7.24. The minimum Gasteiger partial charge on any atom is -0.494 e. The summed E-state index contributed by atoms with van der Waals surface area (Å²) in [6.07, 6.45) is 10.8. The summed E-state index contributed by atoms with van der Waals surface area (Å²) in [6.45, 7) is 5.88. The van der Waals surface area contributed by atoms with Crippen LogP contribution in [0.3, 0.4) is 0 Å². The van der Waals surface area contributed by atoms with Crippen molar-refractivity contribution in [2.45, 2.75) is 65.2 Å². The highest BCUT2D eigenvalue weighted by Gasteiger charge is 2.19. The Morgan fingerprint density at radius 2 is 1.22 bits per heavy atom. The van der Waals surface area contributed by atoms with E-state index in [0.717, 1.165) is 90.5 Å². The first-order chi connectivity index (χ1) is 26.5. The van der Waals surface area contributed by atoms with Gasteiger partial charge in [-0.05, 0) is 109 Å². The number of thiophene rings is 2. The molecule has 0 amide bonds. The van der Waals surface area contributed by atoms with Crippen molar-refractivity contribution in [2.75, 3.05) is 18.1 Å². The zero-order valence-corrected chi connectivity index (χ0v) is 32.6. The van der Waals surface area contributed by atoms with Crippen molar-refractivity contribution in [2.24, 2.45) is 0 Å². The zero-order chi connectivity index (χ0) is 37.7. The summed E-state index contributed by atoms with van der Waals surface area (Å²) in [4.78, 5) is 17.6. The predicted octanol–water partition coefficient (Wildman–Crippen LogP) is 13.7. The Morgan fingerprint density at radius 3 is 1.80 bits per heavy atom. The Labute approximate surface area is 326 Å². The molecule has 0 saturated carbocycles. The minimum atomic E-state index is -1.22. The van der Waals surface area contributed by atoms with Crippen molar-refractivity contribution in [1.29, 1.82) is 5.26 Å². The highest BCUT2D eigenvalue weighted by atomic mass is 32.1. The Hall–Kier alpha value is -5.36. The lowest BCUT2D eigenvalue weighted by Crippen LogP contribution is -2.11. The van der Waals surface area contributed by atoms with Crippen LogP contribution in [0, 0.1) is 11.3 Å². The SMILES string of the molecule is CCCCCCOc1ccc(N(c2ccc(OCCCCCC)cc2)c2ccc(-c3ccc(-c4ccc(/C=C(\C#N)C(=O)O)s4)s3)c3ccccc23)cc1. The number of hydrogen-bond donors (Lipinski definition) is 1. The fourth-order valence-electron chi connectivity index (χ4n) is 6.40. The van der Waals surface area contributed by atoms with Gasteiger partial charge in [-0.3, -0.25) is 0 Å². The maximum Gasteiger partial charge on any atom is 0.346 e. The van der Waals surface area contributed by atoms with Gasteiger partial charge in [0.2, 0.25) is 0 Å². The van der Waals surface area contributed by atoms with Crippen LogP contribution in [-0.2, 0) is 4.79 Å². The van der Waals surface area contributed by atoms with Gasteiger partial charge < -0.3 is 19.5 Å². The molecule has 54 heavy (non-hydrogen) atoms. The maximum atomic E-state index is 11.4. The van der Waals surface area contributed by atoms with E-state index < -0.39 is 5.97 Å². The van der Waals surface area contributed by atoms with E-state index >= 15 is 0 Å². The number of aliphatic carboxylic acids is 1. The number of benzene rings is 4. The molecular formula is C46H46N2O4S2. The first-order valence-electron chi connectivity index (χ1n) is 18.8. The number of rotatable bonds is 19. The van der Waals surface area contributed by atoms with Crippen LogP contribution in [0.2, 0.25) is 0 Å². The molecule has 0 aliphatic heterocycles. The molecule has 2 heterocycles. The fraction of sp³-hybridized carbons (Fsp3) is 0.261. The van der Waals surface area contributed by atoms with E-state index in [1.807, 2.05) is 12.1 Å². The summed E-state index contributed by atoms with van der Waals surface area (Å²) in [5, 5.41) is 20.7. The van der Waals surface area contributed by atoms with Crippen LogP contribution in [0.5, 0.6) is 11.5 Å². The Bertz CT molecular complexity index is 2150. The average Bonchev–Trinajstić information content (AvgIpc) is 3.88. The molecule has 0 unspecified atom stereocenters. The number of ether oxygens (including phenoxy) is 2. The van der Waals surface area contributed by atoms with Gasteiger partial charge in [-0.2, -0.15) is 5.26 Å². The van der Waals surface area contributed by atoms with Crippen molar-refractivity contribution in [1.82, 2.24) is 0 Å². The van der Waals surface area contributed by atoms with E-state index in [1.165, 1.54) is 55.9 Å². The zero-order valence-electron chi connectivity index (χ0n) is 30.9. The third kappa shape index (κ3) is 9.59. The topological polar surface area (TPSA) is 82.8 Å². The molecule has 0 aliphatic rings. The van der Waals surface area contributed by atoms with Gasteiger partial charge in [-0.1, -0.05) is 82.7 Å². The molecule has 0 bridgehead atoms. The summed E-state index contributed by atoms with van der Waals surface area (Å²) < 4.78 is 12.2. The lowest BCUT2D eigenvalue weighted by molar-refractivity contribution is -0.132. The molecule has 0 fully saturated rings. The average molecular weight is 755 g/mol. The monoisotopic (exact) mass is 754 g/mol. The standard InChI is InChI=1S/C46H46N2O4S2/c1-3-5-7-11-29-51-36-19-15-34(16-20-36)48(35-17-21-37(22-18-35)52-30-12-8-6-4-2)42-25-24-41(39-13-9-10-14-40(39)42)43-27-28-45(54-43)44-26-23-38(53-44)31-33(32-47)46(49)50/h9-10,13-28,31H,3-8,11-12,29-30H2,1-2H3,(H,49,50)/b33-31+. The van der Waals surface area contributed by atoms with Crippen LogP contribution in [0.4, 0.5) is 17.1 Å². The highest BCUT2D eigenvalue weighted by Crippen LogP contribution is 2.45. The van der Waals surface area contributed by atoms with E-state index in [-0.39, 0.29) is 5.57 Å². The van der Waals surface area contributed by atoms with E-state index in [4.69, 9.17) is 9.47 Å². The Kier molecular flexibility index (Phi) is 13.6. The fourth-order valence-corrected chi connectivity index (χ4v) is 8.49.